The molecular weight excluding hydrogens is 516 g/mol. The van der Waals surface area contributed by atoms with E-state index in [1.165, 1.54) is 12.0 Å². The van der Waals surface area contributed by atoms with Gasteiger partial charge in [0.05, 0.1) is 23.4 Å². The second-order valence-corrected chi connectivity index (χ2v) is 12.3. The molecule has 0 saturated heterocycles. The molecule has 0 N–H and O–H groups in total. The summed E-state index contributed by atoms with van der Waals surface area (Å²) in [6.07, 6.45) is 0.282. The van der Waals surface area contributed by atoms with Crippen LogP contribution in [0.5, 0.6) is 0 Å². The number of fused-ring (bicyclic) bond motifs is 1. The number of hydrogen-bond acceptors (Lipinski definition) is 6. The molecule has 0 saturated carbocycles. The van der Waals surface area contributed by atoms with Crippen LogP contribution in [-0.2, 0) is 20.2 Å². The third kappa shape index (κ3) is 6.84. The van der Waals surface area contributed by atoms with Gasteiger partial charge in [0, 0.05) is 29.4 Å². The summed E-state index contributed by atoms with van der Waals surface area (Å²) in [5, 5.41) is 1.34. The van der Waals surface area contributed by atoms with Gasteiger partial charge in [-0.15, -0.1) is 12.6 Å². The summed E-state index contributed by atoms with van der Waals surface area (Å²) >= 11 is 5.98. The third-order valence-electron chi connectivity index (χ3n) is 7.02. The molecule has 3 aromatic rings. The number of ether oxygens (including phenoxy) is 2. The Bertz CT molecular complexity index is 1320. The molecule has 2 aromatic carbocycles. The first-order valence-electron chi connectivity index (χ1n) is 12.8. The van der Waals surface area contributed by atoms with Crippen molar-refractivity contribution in [1.29, 1.82) is 0 Å². The average Bonchev–Trinajstić information content (AvgIpc) is 3.24. The molecule has 38 heavy (non-hydrogen) atoms. The summed E-state index contributed by atoms with van der Waals surface area (Å²) < 4.78 is 19.4. The molecule has 1 atom stereocenters. The van der Waals surface area contributed by atoms with E-state index in [0.717, 1.165) is 27.8 Å². The number of aromatic nitrogens is 1. The molecule has 0 radical (unpaired) electrons. The van der Waals surface area contributed by atoms with Crippen LogP contribution in [0.15, 0.2) is 58.4 Å². The van der Waals surface area contributed by atoms with E-state index in [4.69, 9.17) is 31.3 Å². The van der Waals surface area contributed by atoms with Gasteiger partial charge in [-0.25, -0.2) is 9.36 Å². The number of carbonyl (C=O) groups is 1. The van der Waals surface area contributed by atoms with E-state index in [9.17, 15) is 4.79 Å². The summed E-state index contributed by atoms with van der Waals surface area (Å²) in [6.45, 7) is 16.2. The molecule has 0 fully saturated rings. The second-order valence-electron chi connectivity index (χ2n) is 11.1. The zero-order valence-corrected chi connectivity index (χ0v) is 25.6. The van der Waals surface area contributed by atoms with E-state index in [1.54, 1.807) is 11.7 Å². The molecule has 0 bridgehead atoms. The molecule has 6 nitrogen and oxygen atoms in total. The Morgan fingerprint density at radius 3 is 2.34 bits per heavy atom. The Balaban J connectivity index is 2.03. The predicted octanol–water partition coefficient (Wildman–Crippen LogP) is 8.23. The number of nitrogens with zero attached hydrogens (tertiary/aromatic N) is 2. The van der Waals surface area contributed by atoms with Crippen LogP contribution in [0.3, 0.4) is 0 Å². The fraction of sp³-hybridized carbons (Fsp3) is 0.467. The van der Waals surface area contributed by atoms with Gasteiger partial charge in [0.15, 0.2) is 0 Å². The Labute approximate surface area is 236 Å². The summed E-state index contributed by atoms with van der Waals surface area (Å²) in [7, 11) is 1.69. The van der Waals surface area contributed by atoms with E-state index < -0.39 is 22.9 Å². The number of thiol groups is 1. The molecule has 206 valence electrons. The van der Waals surface area contributed by atoms with Crippen molar-refractivity contribution in [2.45, 2.75) is 90.1 Å². The van der Waals surface area contributed by atoms with E-state index >= 15 is 0 Å². The van der Waals surface area contributed by atoms with Gasteiger partial charge in [-0.05, 0) is 84.2 Å². The SMILES string of the molecule is CCC(C)(OSc1ccc2cc(/C(S)=N/Cc3ccccc3C)n(C(=O)OC(C)(C)C)c2c1)C(C)(C)OC. The number of hydrogen-bond donors (Lipinski definition) is 1. The lowest BCUT2D eigenvalue weighted by molar-refractivity contribution is -0.119. The summed E-state index contributed by atoms with van der Waals surface area (Å²) in [4.78, 5) is 19.0. The van der Waals surface area contributed by atoms with Crippen LogP contribution in [0.2, 0.25) is 0 Å². The number of benzene rings is 2. The monoisotopic (exact) mass is 556 g/mol. The average molecular weight is 557 g/mol. The van der Waals surface area contributed by atoms with Gasteiger partial charge in [-0.2, -0.15) is 0 Å². The van der Waals surface area contributed by atoms with Crippen LogP contribution < -0.4 is 0 Å². The number of aliphatic imine (C=N–C) groups is 1. The van der Waals surface area contributed by atoms with Crippen molar-refractivity contribution in [3.63, 3.8) is 0 Å². The first-order chi connectivity index (χ1) is 17.7. The van der Waals surface area contributed by atoms with Gasteiger partial charge in [0.2, 0.25) is 0 Å². The van der Waals surface area contributed by atoms with Gasteiger partial charge in [0.1, 0.15) is 16.2 Å². The van der Waals surface area contributed by atoms with Gasteiger partial charge >= 0.3 is 6.09 Å². The Morgan fingerprint density at radius 1 is 1.05 bits per heavy atom. The van der Waals surface area contributed by atoms with E-state index in [-0.39, 0.29) is 0 Å². The largest absolute Gasteiger partial charge is 0.443 e. The smallest absolute Gasteiger partial charge is 0.419 e. The fourth-order valence-electron chi connectivity index (χ4n) is 3.87. The van der Waals surface area contributed by atoms with Crippen molar-refractivity contribution in [2.75, 3.05) is 7.11 Å². The van der Waals surface area contributed by atoms with Crippen molar-refractivity contribution < 1.29 is 18.5 Å². The number of carbonyl (C=O) groups excluding carboxylic acids is 1. The Morgan fingerprint density at radius 2 is 1.74 bits per heavy atom. The second kappa shape index (κ2) is 11.9. The van der Waals surface area contributed by atoms with Crippen molar-refractivity contribution in [3.05, 3.63) is 65.4 Å². The Kier molecular flexibility index (Phi) is 9.45. The van der Waals surface area contributed by atoms with Crippen LogP contribution >= 0.6 is 24.7 Å². The van der Waals surface area contributed by atoms with Gasteiger partial charge in [0.25, 0.3) is 0 Å². The summed E-state index contributed by atoms with van der Waals surface area (Å²) in [6, 6.07) is 15.9. The lowest BCUT2D eigenvalue weighted by atomic mass is 9.85. The topological polar surface area (TPSA) is 62.1 Å². The van der Waals surface area contributed by atoms with Crippen LogP contribution in [-0.4, -0.2) is 39.6 Å². The highest BCUT2D eigenvalue weighted by atomic mass is 32.2. The number of rotatable bonds is 9. The highest BCUT2D eigenvalue weighted by Crippen LogP contribution is 2.38. The lowest BCUT2D eigenvalue weighted by Crippen LogP contribution is -2.49. The highest BCUT2D eigenvalue weighted by Gasteiger charge is 2.42. The van der Waals surface area contributed by atoms with Crippen molar-refractivity contribution in [1.82, 2.24) is 4.57 Å². The molecule has 1 heterocycles. The van der Waals surface area contributed by atoms with Crippen molar-refractivity contribution in [2.24, 2.45) is 4.99 Å². The van der Waals surface area contributed by atoms with Gasteiger partial charge in [-0.3, -0.25) is 4.99 Å². The standard InChI is InChI=1S/C30H40N2O4S2/c1-10-30(8,29(6,7)34-9)36-38-23-16-15-21-17-25(26(37)31-19-22-14-12-11-13-20(22)2)32(24(21)18-23)27(33)35-28(3,4)5/h11-18H,10,19H2,1-9H3,(H,31,37). The number of methoxy groups -OCH3 is 1. The molecular formula is C30H40N2O4S2. The maximum absolute atomic E-state index is 13.4. The summed E-state index contributed by atoms with van der Waals surface area (Å²) in [5.41, 5.74) is 1.86. The zero-order chi connectivity index (χ0) is 28.3. The predicted molar refractivity (Wildman–Crippen MR) is 161 cm³/mol. The molecule has 1 unspecified atom stereocenters. The molecule has 0 aliphatic heterocycles. The van der Waals surface area contributed by atoms with E-state index in [1.807, 2.05) is 84.0 Å². The van der Waals surface area contributed by atoms with E-state index in [2.05, 4.69) is 19.9 Å². The summed E-state index contributed by atoms with van der Waals surface area (Å²) in [5.74, 6) is 0. The van der Waals surface area contributed by atoms with Crippen LogP contribution in [0, 0.1) is 6.92 Å². The van der Waals surface area contributed by atoms with Crippen LogP contribution in [0.25, 0.3) is 10.9 Å². The minimum absolute atomic E-state index is 0.459. The molecule has 8 heteroatoms. The molecule has 0 amide bonds. The van der Waals surface area contributed by atoms with Crippen molar-refractivity contribution in [3.8, 4) is 0 Å². The fourth-order valence-corrected chi connectivity index (χ4v) is 4.99. The number of aryl methyl sites for hydroxylation is 1. The molecule has 3 rings (SSSR count). The lowest BCUT2D eigenvalue weighted by Gasteiger charge is -2.41. The molecule has 0 spiro atoms. The normalized spacial score (nSPS) is 14.5. The van der Waals surface area contributed by atoms with Crippen LogP contribution in [0.1, 0.15) is 71.7 Å². The molecule has 1 aromatic heterocycles. The van der Waals surface area contributed by atoms with Gasteiger partial charge in [-0.1, -0.05) is 37.3 Å². The minimum atomic E-state index is -0.663. The van der Waals surface area contributed by atoms with Crippen LogP contribution in [0.4, 0.5) is 4.79 Å². The van der Waals surface area contributed by atoms with Gasteiger partial charge < -0.3 is 13.7 Å². The molecule has 0 aliphatic rings. The minimum Gasteiger partial charge on any atom is -0.443 e. The third-order valence-corrected chi connectivity index (χ3v) is 8.29. The Hall–Kier alpha value is -2.26. The maximum atomic E-state index is 13.4. The first-order valence-corrected chi connectivity index (χ1v) is 14.0. The van der Waals surface area contributed by atoms with E-state index in [0.29, 0.717) is 22.8 Å². The highest BCUT2D eigenvalue weighted by molar-refractivity contribution is 7.97. The van der Waals surface area contributed by atoms with Crippen molar-refractivity contribution >= 4 is 46.7 Å². The first kappa shape index (κ1) is 30.3. The zero-order valence-electron chi connectivity index (χ0n) is 23.9. The quantitative estimate of drug-likeness (QED) is 0.124. The maximum Gasteiger partial charge on any atom is 0.419 e. The molecule has 0 aliphatic carbocycles.